The maximum Gasteiger partial charge on any atom is 0.253 e. The lowest BCUT2D eigenvalue weighted by atomic mass is 9.90. The van der Waals surface area contributed by atoms with Crippen molar-refractivity contribution in [2.75, 3.05) is 20.2 Å². The largest absolute Gasteiger partial charge is 0.497 e. The fourth-order valence-corrected chi connectivity index (χ4v) is 3.35. The van der Waals surface area contributed by atoms with Crippen molar-refractivity contribution in [1.29, 1.82) is 0 Å². The highest BCUT2D eigenvalue weighted by Gasteiger charge is 2.23. The Hall–Kier alpha value is -2.29. The normalized spacial score (nSPS) is 15.3. The molecule has 3 rings (SSSR count). The number of carbonyl (C=O) groups excluding carboxylic acids is 1. The summed E-state index contributed by atoms with van der Waals surface area (Å²) in [6.07, 6.45) is 4.50. The van der Waals surface area contributed by atoms with Crippen molar-refractivity contribution >= 4 is 5.91 Å². The van der Waals surface area contributed by atoms with Gasteiger partial charge in [0.25, 0.3) is 5.91 Å². The van der Waals surface area contributed by atoms with Gasteiger partial charge in [-0.2, -0.15) is 0 Å². The number of benzene rings is 2. The molecule has 1 heterocycles. The average molecular weight is 323 g/mol. The molecule has 0 atom stereocenters. The molecule has 2 aromatic rings. The summed E-state index contributed by atoms with van der Waals surface area (Å²) in [5.74, 6) is 1.79. The smallest absolute Gasteiger partial charge is 0.253 e. The van der Waals surface area contributed by atoms with E-state index >= 15 is 0 Å². The minimum absolute atomic E-state index is 0.171. The first kappa shape index (κ1) is 16.6. The second kappa shape index (κ2) is 8.00. The lowest BCUT2D eigenvalue weighted by molar-refractivity contribution is 0.0687. The van der Waals surface area contributed by atoms with Crippen LogP contribution in [0, 0.1) is 5.92 Å². The molecule has 3 nitrogen and oxygen atoms in total. The standard InChI is InChI=1S/C21H25NO2/c1-24-20-11-9-17(10-12-20)7-8-18-13-15-22(16-14-18)21(23)19-5-3-2-4-6-19/h2-6,9-12,18H,7-8,13-16H2,1H3. The molecule has 0 radical (unpaired) electrons. The van der Waals surface area contributed by atoms with Crippen LogP contribution < -0.4 is 4.74 Å². The van der Waals surface area contributed by atoms with E-state index in [-0.39, 0.29) is 5.91 Å². The first-order valence-electron chi connectivity index (χ1n) is 8.73. The van der Waals surface area contributed by atoms with Gasteiger partial charge in [0.2, 0.25) is 0 Å². The first-order valence-corrected chi connectivity index (χ1v) is 8.73. The highest BCUT2D eigenvalue weighted by Crippen LogP contribution is 2.24. The van der Waals surface area contributed by atoms with Crippen molar-refractivity contribution in [2.45, 2.75) is 25.7 Å². The van der Waals surface area contributed by atoms with Crippen molar-refractivity contribution in [3.05, 3.63) is 65.7 Å². The monoisotopic (exact) mass is 323 g/mol. The average Bonchev–Trinajstić information content (AvgIpc) is 2.67. The van der Waals surface area contributed by atoms with Crippen molar-refractivity contribution < 1.29 is 9.53 Å². The molecule has 3 heteroatoms. The molecule has 126 valence electrons. The summed E-state index contributed by atoms with van der Waals surface area (Å²) in [6, 6.07) is 17.9. The molecule has 24 heavy (non-hydrogen) atoms. The second-order valence-corrected chi connectivity index (χ2v) is 6.49. The molecule has 1 aliphatic rings. The van der Waals surface area contributed by atoms with Gasteiger partial charge < -0.3 is 9.64 Å². The van der Waals surface area contributed by atoms with E-state index in [1.54, 1.807) is 7.11 Å². The molecule has 0 unspecified atom stereocenters. The van der Waals surface area contributed by atoms with Crippen LogP contribution in [0.5, 0.6) is 5.75 Å². The van der Waals surface area contributed by atoms with Crippen LogP contribution in [0.4, 0.5) is 0 Å². The third-order valence-electron chi connectivity index (χ3n) is 4.92. The maximum absolute atomic E-state index is 12.5. The fraction of sp³-hybridized carbons (Fsp3) is 0.381. The summed E-state index contributed by atoms with van der Waals surface area (Å²) >= 11 is 0. The van der Waals surface area contributed by atoms with Crippen molar-refractivity contribution in [3.8, 4) is 5.75 Å². The molecule has 0 aliphatic carbocycles. The Morgan fingerprint density at radius 2 is 1.71 bits per heavy atom. The summed E-state index contributed by atoms with van der Waals surface area (Å²) < 4.78 is 5.20. The van der Waals surface area contributed by atoms with Crippen LogP contribution in [0.25, 0.3) is 0 Å². The Balaban J connectivity index is 1.45. The van der Waals surface area contributed by atoms with Crippen LogP contribution in [-0.4, -0.2) is 31.0 Å². The maximum atomic E-state index is 12.5. The molecule has 0 N–H and O–H groups in total. The zero-order valence-corrected chi connectivity index (χ0v) is 14.3. The van der Waals surface area contributed by atoms with Gasteiger partial charge in [0.15, 0.2) is 0 Å². The zero-order valence-electron chi connectivity index (χ0n) is 14.3. The number of hydrogen-bond acceptors (Lipinski definition) is 2. The number of likely N-dealkylation sites (tertiary alicyclic amines) is 1. The first-order chi connectivity index (χ1) is 11.8. The van der Waals surface area contributed by atoms with E-state index in [2.05, 4.69) is 12.1 Å². The van der Waals surface area contributed by atoms with E-state index in [0.717, 1.165) is 43.7 Å². The van der Waals surface area contributed by atoms with Gasteiger partial charge in [0, 0.05) is 18.7 Å². The van der Waals surface area contributed by atoms with Crippen molar-refractivity contribution in [3.63, 3.8) is 0 Å². The number of amides is 1. The zero-order chi connectivity index (χ0) is 16.8. The van der Waals surface area contributed by atoms with Gasteiger partial charge in [-0.3, -0.25) is 4.79 Å². The van der Waals surface area contributed by atoms with Gasteiger partial charge in [0.1, 0.15) is 5.75 Å². The Bertz CT molecular complexity index is 643. The quantitative estimate of drug-likeness (QED) is 0.826. The molecule has 0 saturated carbocycles. The summed E-state index contributed by atoms with van der Waals surface area (Å²) in [6.45, 7) is 1.75. The van der Waals surface area contributed by atoms with Crippen molar-refractivity contribution in [1.82, 2.24) is 4.90 Å². The van der Waals surface area contributed by atoms with Crippen LogP contribution in [0.3, 0.4) is 0 Å². The summed E-state index contributed by atoms with van der Waals surface area (Å²) in [5.41, 5.74) is 2.16. The van der Waals surface area contributed by atoms with E-state index in [0.29, 0.717) is 5.92 Å². The lowest BCUT2D eigenvalue weighted by Crippen LogP contribution is -2.38. The Kier molecular flexibility index (Phi) is 5.52. The minimum Gasteiger partial charge on any atom is -0.497 e. The minimum atomic E-state index is 0.171. The number of aryl methyl sites for hydroxylation is 1. The predicted molar refractivity (Wildman–Crippen MR) is 96.4 cm³/mol. The fourth-order valence-electron chi connectivity index (χ4n) is 3.35. The molecular weight excluding hydrogens is 298 g/mol. The Morgan fingerprint density at radius 1 is 1.04 bits per heavy atom. The van der Waals surface area contributed by atoms with E-state index in [1.807, 2.05) is 47.4 Å². The van der Waals surface area contributed by atoms with E-state index in [4.69, 9.17) is 4.74 Å². The second-order valence-electron chi connectivity index (χ2n) is 6.49. The predicted octanol–water partition coefficient (Wildman–Crippen LogP) is 4.18. The van der Waals surface area contributed by atoms with Crippen LogP contribution in [0.15, 0.2) is 54.6 Å². The number of methoxy groups -OCH3 is 1. The summed E-state index contributed by atoms with van der Waals surface area (Å²) in [5, 5.41) is 0. The third kappa shape index (κ3) is 4.16. The Labute approximate surface area is 144 Å². The van der Waals surface area contributed by atoms with Crippen LogP contribution in [0.1, 0.15) is 35.2 Å². The molecule has 0 aromatic heterocycles. The topological polar surface area (TPSA) is 29.5 Å². The summed E-state index contributed by atoms with van der Waals surface area (Å²) in [7, 11) is 1.69. The van der Waals surface area contributed by atoms with Gasteiger partial charge in [-0.1, -0.05) is 30.3 Å². The highest BCUT2D eigenvalue weighted by molar-refractivity contribution is 5.94. The van der Waals surface area contributed by atoms with Gasteiger partial charge >= 0.3 is 0 Å². The van der Waals surface area contributed by atoms with E-state index in [9.17, 15) is 4.79 Å². The number of nitrogens with zero attached hydrogens (tertiary/aromatic N) is 1. The number of hydrogen-bond donors (Lipinski definition) is 0. The van der Waals surface area contributed by atoms with Crippen molar-refractivity contribution in [2.24, 2.45) is 5.92 Å². The third-order valence-corrected chi connectivity index (χ3v) is 4.92. The molecule has 0 bridgehead atoms. The molecule has 2 aromatic carbocycles. The molecule has 1 saturated heterocycles. The molecule has 1 fully saturated rings. The number of ether oxygens (including phenoxy) is 1. The number of carbonyl (C=O) groups is 1. The van der Waals surface area contributed by atoms with Crippen LogP contribution in [0.2, 0.25) is 0 Å². The molecule has 1 amide bonds. The molecule has 1 aliphatic heterocycles. The lowest BCUT2D eigenvalue weighted by Gasteiger charge is -2.32. The number of rotatable bonds is 5. The Morgan fingerprint density at radius 3 is 2.33 bits per heavy atom. The summed E-state index contributed by atoms with van der Waals surface area (Å²) in [4.78, 5) is 14.5. The van der Waals surface area contributed by atoms with E-state index < -0.39 is 0 Å². The van der Waals surface area contributed by atoms with Gasteiger partial charge in [-0.05, 0) is 61.4 Å². The number of piperidine rings is 1. The van der Waals surface area contributed by atoms with E-state index in [1.165, 1.54) is 12.0 Å². The SMILES string of the molecule is COc1ccc(CCC2CCN(C(=O)c3ccccc3)CC2)cc1. The van der Waals surface area contributed by atoms with Gasteiger partial charge in [0.05, 0.1) is 7.11 Å². The van der Waals surface area contributed by atoms with Gasteiger partial charge in [-0.25, -0.2) is 0 Å². The molecular formula is C21H25NO2. The van der Waals surface area contributed by atoms with Crippen LogP contribution in [-0.2, 0) is 6.42 Å². The highest BCUT2D eigenvalue weighted by atomic mass is 16.5. The van der Waals surface area contributed by atoms with Gasteiger partial charge in [-0.15, -0.1) is 0 Å². The van der Waals surface area contributed by atoms with Crippen LogP contribution >= 0.6 is 0 Å². The molecule has 0 spiro atoms.